The van der Waals surface area contributed by atoms with Gasteiger partial charge in [0.05, 0.1) is 12.7 Å². The minimum absolute atomic E-state index is 0.160. The molecule has 1 amide bonds. The summed E-state index contributed by atoms with van der Waals surface area (Å²) in [4.78, 5) is 11.8. The maximum absolute atomic E-state index is 11.8. The number of benzene rings is 1. The molecule has 86 valence electrons. The Morgan fingerprint density at radius 3 is 2.81 bits per heavy atom. The third-order valence-electron chi connectivity index (χ3n) is 1.96. The van der Waals surface area contributed by atoms with Crippen LogP contribution >= 0.6 is 15.9 Å². The Bertz CT molecular complexity index is 415. The maximum atomic E-state index is 11.8. The van der Waals surface area contributed by atoms with Crippen molar-refractivity contribution in [1.82, 2.24) is 5.32 Å². The van der Waals surface area contributed by atoms with Crippen LogP contribution in [-0.2, 0) is 0 Å². The van der Waals surface area contributed by atoms with E-state index in [1.54, 1.807) is 18.2 Å². The molecular formula is C12H14BrNO2. The van der Waals surface area contributed by atoms with Gasteiger partial charge in [0.25, 0.3) is 5.91 Å². The Balaban J connectivity index is 2.86. The monoisotopic (exact) mass is 283 g/mol. The molecule has 0 bridgehead atoms. The highest BCUT2D eigenvalue weighted by Crippen LogP contribution is 2.23. The van der Waals surface area contributed by atoms with Gasteiger partial charge in [-0.2, -0.15) is 0 Å². The van der Waals surface area contributed by atoms with Crippen molar-refractivity contribution >= 4 is 21.8 Å². The van der Waals surface area contributed by atoms with E-state index in [0.29, 0.717) is 17.9 Å². The summed E-state index contributed by atoms with van der Waals surface area (Å²) < 4.78 is 6.02. The number of halogens is 1. The van der Waals surface area contributed by atoms with Crippen LogP contribution in [0.2, 0.25) is 0 Å². The number of carbonyl (C=O) groups is 1. The summed E-state index contributed by atoms with van der Waals surface area (Å²) in [6.45, 7) is 6.05. The van der Waals surface area contributed by atoms with Gasteiger partial charge in [-0.1, -0.05) is 28.1 Å². The zero-order valence-electron chi connectivity index (χ0n) is 9.34. The van der Waals surface area contributed by atoms with E-state index in [4.69, 9.17) is 4.74 Å². The van der Waals surface area contributed by atoms with Gasteiger partial charge in [0.15, 0.2) is 0 Å². The lowest BCUT2D eigenvalue weighted by Gasteiger charge is -2.09. The number of methoxy groups -OCH3 is 1. The Labute approximate surface area is 104 Å². The van der Waals surface area contributed by atoms with Gasteiger partial charge in [-0.3, -0.25) is 4.79 Å². The van der Waals surface area contributed by atoms with E-state index in [2.05, 4.69) is 27.8 Å². The number of hydrogen-bond donors (Lipinski definition) is 1. The van der Waals surface area contributed by atoms with Gasteiger partial charge < -0.3 is 10.1 Å². The second-order valence-electron chi connectivity index (χ2n) is 3.48. The predicted octanol–water partition coefficient (Wildman–Crippen LogP) is 2.76. The molecule has 3 nitrogen and oxygen atoms in total. The minimum Gasteiger partial charge on any atom is -0.496 e. The van der Waals surface area contributed by atoms with E-state index in [-0.39, 0.29) is 5.91 Å². The highest BCUT2D eigenvalue weighted by atomic mass is 79.9. The van der Waals surface area contributed by atoms with Gasteiger partial charge in [-0.25, -0.2) is 0 Å². The van der Waals surface area contributed by atoms with E-state index in [0.717, 1.165) is 10.0 Å². The number of carbonyl (C=O) groups excluding carboxylic acids is 1. The summed E-state index contributed by atoms with van der Waals surface area (Å²) in [6, 6.07) is 5.28. The van der Waals surface area contributed by atoms with Crippen LogP contribution in [0.3, 0.4) is 0 Å². The van der Waals surface area contributed by atoms with Crippen LogP contribution in [0.5, 0.6) is 5.75 Å². The number of ether oxygens (including phenoxy) is 1. The lowest BCUT2D eigenvalue weighted by Crippen LogP contribution is -2.25. The van der Waals surface area contributed by atoms with Crippen LogP contribution in [-0.4, -0.2) is 19.6 Å². The molecule has 0 saturated carbocycles. The van der Waals surface area contributed by atoms with Crippen molar-refractivity contribution in [3.05, 3.63) is 40.4 Å². The zero-order chi connectivity index (χ0) is 12.1. The average Bonchev–Trinajstić information content (AvgIpc) is 2.25. The number of nitrogens with one attached hydrogen (secondary N) is 1. The molecule has 1 rings (SSSR count). The fourth-order valence-electron chi connectivity index (χ4n) is 1.18. The van der Waals surface area contributed by atoms with Gasteiger partial charge in [0.2, 0.25) is 0 Å². The third kappa shape index (κ3) is 3.38. The normalized spacial score (nSPS) is 9.69. The van der Waals surface area contributed by atoms with Crippen LogP contribution in [0.4, 0.5) is 0 Å². The Hall–Kier alpha value is -1.29. The van der Waals surface area contributed by atoms with Gasteiger partial charge in [0.1, 0.15) is 5.75 Å². The summed E-state index contributed by atoms with van der Waals surface area (Å²) in [5.41, 5.74) is 1.43. The molecule has 1 aromatic carbocycles. The molecule has 4 heteroatoms. The van der Waals surface area contributed by atoms with Crippen LogP contribution < -0.4 is 10.1 Å². The quantitative estimate of drug-likeness (QED) is 0.863. The fourth-order valence-corrected chi connectivity index (χ4v) is 1.52. The fraction of sp³-hybridized carbons (Fsp3) is 0.250. The molecule has 0 aliphatic carbocycles. The van der Waals surface area contributed by atoms with Crippen molar-refractivity contribution < 1.29 is 9.53 Å². The van der Waals surface area contributed by atoms with Crippen LogP contribution in [0.1, 0.15) is 17.3 Å². The van der Waals surface area contributed by atoms with Crippen molar-refractivity contribution in [3.8, 4) is 5.75 Å². The van der Waals surface area contributed by atoms with Crippen LogP contribution in [0.25, 0.3) is 0 Å². The molecule has 0 radical (unpaired) electrons. The molecule has 0 spiro atoms. The van der Waals surface area contributed by atoms with Crippen molar-refractivity contribution in [2.24, 2.45) is 0 Å². The lowest BCUT2D eigenvalue weighted by atomic mass is 10.2. The van der Waals surface area contributed by atoms with E-state index >= 15 is 0 Å². The molecule has 16 heavy (non-hydrogen) atoms. The number of rotatable bonds is 4. The summed E-state index contributed by atoms with van der Waals surface area (Å²) in [5, 5.41) is 2.76. The summed E-state index contributed by atoms with van der Waals surface area (Å²) in [7, 11) is 1.54. The van der Waals surface area contributed by atoms with E-state index < -0.39 is 0 Å². The molecule has 0 aromatic heterocycles. The smallest absolute Gasteiger partial charge is 0.255 e. The summed E-state index contributed by atoms with van der Waals surface area (Å²) in [6.07, 6.45) is 0. The Morgan fingerprint density at radius 2 is 2.25 bits per heavy atom. The van der Waals surface area contributed by atoms with Gasteiger partial charge >= 0.3 is 0 Å². The molecule has 0 fully saturated rings. The van der Waals surface area contributed by atoms with E-state index in [1.165, 1.54) is 7.11 Å². The van der Waals surface area contributed by atoms with E-state index in [1.807, 2.05) is 6.92 Å². The maximum Gasteiger partial charge on any atom is 0.255 e. The number of amides is 1. The molecule has 0 aliphatic heterocycles. The van der Waals surface area contributed by atoms with E-state index in [9.17, 15) is 4.79 Å². The largest absolute Gasteiger partial charge is 0.496 e. The number of hydrogen-bond acceptors (Lipinski definition) is 2. The summed E-state index contributed by atoms with van der Waals surface area (Å²) >= 11 is 3.32. The van der Waals surface area contributed by atoms with Crippen molar-refractivity contribution in [2.75, 3.05) is 13.7 Å². The third-order valence-corrected chi connectivity index (χ3v) is 2.45. The zero-order valence-corrected chi connectivity index (χ0v) is 10.9. The highest BCUT2D eigenvalue weighted by molar-refractivity contribution is 9.10. The molecule has 0 saturated heterocycles. The average molecular weight is 284 g/mol. The SMILES string of the molecule is C=C(C)CNC(=O)c1ccc(Br)cc1OC. The van der Waals surface area contributed by atoms with Crippen LogP contribution in [0.15, 0.2) is 34.8 Å². The van der Waals surface area contributed by atoms with Crippen molar-refractivity contribution in [2.45, 2.75) is 6.92 Å². The Morgan fingerprint density at radius 1 is 1.56 bits per heavy atom. The summed E-state index contributed by atoms with van der Waals surface area (Å²) in [5.74, 6) is 0.390. The van der Waals surface area contributed by atoms with Gasteiger partial charge in [-0.05, 0) is 25.1 Å². The second kappa shape index (κ2) is 5.70. The van der Waals surface area contributed by atoms with Crippen LogP contribution in [0, 0.1) is 0 Å². The molecular weight excluding hydrogens is 270 g/mol. The standard InChI is InChI=1S/C12H14BrNO2/c1-8(2)7-14-12(15)10-5-4-9(13)6-11(10)16-3/h4-6H,1,7H2,2-3H3,(H,14,15). The van der Waals surface area contributed by atoms with Crippen molar-refractivity contribution in [1.29, 1.82) is 0 Å². The molecule has 1 N–H and O–H groups in total. The first kappa shape index (κ1) is 12.8. The first-order valence-electron chi connectivity index (χ1n) is 4.80. The second-order valence-corrected chi connectivity index (χ2v) is 4.40. The highest BCUT2D eigenvalue weighted by Gasteiger charge is 2.11. The molecule has 0 unspecified atom stereocenters. The van der Waals surface area contributed by atoms with Crippen molar-refractivity contribution in [3.63, 3.8) is 0 Å². The molecule has 0 atom stereocenters. The molecule has 0 aliphatic rings. The predicted molar refractivity (Wildman–Crippen MR) is 67.8 cm³/mol. The first-order valence-corrected chi connectivity index (χ1v) is 5.60. The molecule has 1 aromatic rings. The van der Waals surface area contributed by atoms with Gasteiger partial charge in [0, 0.05) is 11.0 Å². The topological polar surface area (TPSA) is 38.3 Å². The molecule has 0 heterocycles. The Kier molecular flexibility index (Phi) is 4.55. The van der Waals surface area contributed by atoms with Gasteiger partial charge in [-0.15, -0.1) is 0 Å². The minimum atomic E-state index is -0.160. The lowest BCUT2D eigenvalue weighted by molar-refractivity contribution is 0.0954. The first-order chi connectivity index (χ1) is 7.54.